The van der Waals surface area contributed by atoms with E-state index in [0.29, 0.717) is 19.4 Å². The van der Waals surface area contributed by atoms with Crippen LogP contribution < -0.4 is 5.32 Å². The van der Waals surface area contributed by atoms with E-state index in [4.69, 9.17) is 14.6 Å². The highest BCUT2D eigenvalue weighted by Crippen LogP contribution is 2.40. The number of para-hydroxylation sites is 1. The molecule has 1 aliphatic carbocycles. The molecule has 1 amide bonds. The lowest BCUT2D eigenvalue weighted by molar-refractivity contribution is -0.143. The molecule has 0 radical (unpaired) electrons. The van der Waals surface area contributed by atoms with Gasteiger partial charge in [-0.3, -0.25) is 4.79 Å². The topological polar surface area (TPSA) is 67.8 Å². The van der Waals surface area contributed by atoms with Crippen molar-refractivity contribution in [3.63, 3.8) is 0 Å². The molecule has 0 aromatic heterocycles. The third kappa shape index (κ3) is 4.91. The molecule has 0 bridgehead atoms. The van der Waals surface area contributed by atoms with E-state index < -0.39 is 6.29 Å². The van der Waals surface area contributed by atoms with E-state index in [-0.39, 0.29) is 24.2 Å². The molecule has 5 heteroatoms. The van der Waals surface area contributed by atoms with E-state index in [2.05, 4.69) is 47.8 Å². The average Bonchev–Trinajstić information content (AvgIpc) is 3.25. The second kappa shape index (κ2) is 10.2. The molecule has 0 fully saturated rings. The number of unbranched alkanes of at least 4 members (excludes halogenated alkanes) is 1. The van der Waals surface area contributed by atoms with Gasteiger partial charge >= 0.3 is 0 Å². The molecule has 0 saturated carbocycles. The van der Waals surface area contributed by atoms with Crippen LogP contribution in [0.15, 0.2) is 84.6 Å². The van der Waals surface area contributed by atoms with Crippen LogP contribution in [0.5, 0.6) is 0 Å². The van der Waals surface area contributed by atoms with Crippen LogP contribution in [0.1, 0.15) is 41.9 Å². The van der Waals surface area contributed by atoms with Crippen LogP contribution >= 0.6 is 0 Å². The minimum absolute atomic E-state index is 0.00197. The van der Waals surface area contributed by atoms with E-state index in [1.54, 1.807) is 0 Å². The van der Waals surface area contributed by atoms with Crippen molar-refractivity contribution >= 4 is 11.6 Å². The van der Waals surface area contributed by atoms with Gasteiger partial charge in [0, 0.05) is 24.6 Å². The highest BCUT2D eigenvalue weighted by Gasteiger charge is 2.30. The van der Waals surface area contributed by atoms with Crippen molar-refractivity contribution in [3.05, 3.63) is 101 Å². The van der Waals surface area contributed by atoms with Crippen molar-refractivity contribution in [3.8, 4) is 11.1 Å². The van der Waals surface area contributed by atoms with Crippen molar-refractivity contribution < 1.29 is 19.4 Å². The predicted molar refractivity (Wildman–Crippen MR) is 132 cm³/mol. The van der Waals surface area contributed by atoms with Crippen LogP contribution in [0.2, 0.25) is 0 Å². The van der Waals surface area contributed by atoms with E-state index in [1.807, 2.05) is 36.4 Å². The third-order valence-corrected chi connectivity index (χ3v) is 6.41. The van der Waals surface area contributed by atoms with E-state index >= 15 is 0 Å². The molecular formula is C29H29NO4. The summed E-state index contributed by atoms with van der Waals surface area (Å²) in [4.78, 5) is 13.0. The lowest BCUT2D eigenvalue weighted by atomic mass is 9.90. The van der Waals surface area contributed by atoms with Crippen LogP contribution in [0.4, 0.5) is 5.69 Å². The fourth-order valence-electron chi connectivity index (χ4n) is 4.69. The summed E-state index contributed by atoms with van der Waals surface area (Å²) in [6.07, 6.45) is 4.37. The lowest BCUT2D eigenvalue weighted by Crippen LogP contribution is -2.29. The lowest BCUT2D eigenvalue weighted by Gasteiger charge is -2.29. The number of aliphatic hydroxyl groups is 1. The van der Waals surface area contributed by atoms with Gasteiger partial charge in [-0.25, -0.2) is 0 Å². The Morgan fingerprint density at radius 2 is 1.76 bits per heavy atom. The quantitative estimate of drug-likeness (QED) is 0.349. The largest absolute Gasteiger partial charge is 0.459 e. The molecule has 174 valence electrons. The minimum atomic E-state index is -0.518. The fourth-order valence-corrected chi connectivity index (χ4v) is 4.69. The van der Waals surface area contributed by atoms with Crippen LogP contribution in [0.3, 0.4) is 0 Å². The number of hydrogen-bond donors (Lipinski definition) is 2. The second-order valence-electron chi connectivity index (χ2n) is 8.79. The zero-order valence-corrected chi connectivity index (χ0v) is 19.1. The summed E-state index contributed by atoms with van der Waals surface area (Å²) in [7, 11) is 0. The van der Waals surface area contributed by atoms with Gasteiger partial charge in [0.15, 0.2) is 5.76 Å². The maximum Gasteiger partial charge on any atom is 0.290 e. The molecule has 5 rings (SSSR count). The Kier molecular flexibility index (Phi) is 6.74. The van der Waals surface area contributed by atoms with Crippen LogP contribution in [-0.4, -0.2) is 30.5 Å². The molecular weight excluding hydrogens is 426 g/mol. The van der Waals surface area contributed by atoms with Gasteiger partial charge in [0.1, 0.15) is 0 Å². The zero-order valence-electron chi connectivity index (χ0n) is 19.1. The summed E-state index contributed by atoms with van der Waals surface area (Å²) in [5.41, 5.74) is 7.13. The summed E-state index contributed by atoms with van der Waals surface area (Å²) in [5, 5.41) is 12.0. The number of benzene rings is 3. The first-order valence-corrected chi connectivity index (χ1v) is 11.9. The number of fused-ring (bicyclic) bond motifs is 3. The molecule has 1 aliphatic heterocycles. The molecule has 0 saturated heterocycles. The number of carbonyl (C=O) groups excluding carboxylic acids is 1. The third-order valence-electron chi connectivity index (χ3n) is 6.41. The Hall–Kier alpha value is -3.41. The Bertz CT molecular complexity index is 1190. The summed E-state index contributed by atoms with van der Waals surface area (Å²) in [6, 6.07) is 24.5. The number of anilines is 1. The summed E-state index contributed by atoms with van der Waals surface area (Å²) < 4.78 is 11.9. The number of aliphatic hydroxyl groups excluding tert-OH is 1. The number of ether oxygens (including phenoxy) is 2. The summed E-state index contributed by atoms with van der Waals surface area (Å²) in [5.74, 6) is -0.00778. The molecule has 2 aliphatic rings. The van der Waals surface area contributed by atoms with Crippen molar-refractivity contribution in [1.82, 2.24) is 0 Å². The van der Waals surface area contributed by atoms with Gasteiger partial charge in [0.25, 0.3) is 5.91 Å². The highest BCUT2D eigenvalue weighted by molar-refractivity contribution is 6.02. The molecule has 1 heterocycles. The first kappa shape index (κ1) is 22.4. The van der Waals surface area contributed by atoms with Gasteiger partial charge in [0.05, 0.1) is 6.61 Å². The number of hydrogen-bond acceptors (Lipinski definition) is 4. The minimum Gasteiger partial charge on any atom is -0.459 e. The van der Waals surface area contributed by atoms with Crippen LogP contribution in [0.25, 0.3) is 11.1 Å². The Morgan fingerprint density at radius 3 is 2.62 bits per heavy atom. The first-order valence-electron chi connectivity index (χ1n) is 11.9. The summed E-state index contributed by atoms with van der Waals surface area (Å²) in [6.45, 7) is 0.616. The van der Waals surface area contributed by atoms with Crippen LogP contribution in [-0.2, 0) is 20.7 Å². The van der Waals surface area contributed by atoms with Gasteiger partial charge in [-0.15, -0.1) is 0 Å². The maximum atomic E-state index is 13.0. The van der Waals surface area contributed by atoms with Crippen molar-refractivity contribution in [2.75, 3.05) is 18.5 Å². The molecule has 0 unspecified atom stereocenters. The molecule has 2 atom stereocenters. The van der Waals surface area contributed by atoms with Gasteiger partial charge in [-0.2, -0.15) is 0 Å². The number of carbonyl (C=O) groups is 1. The van der Waals surface area contributed by atoms with Gasteiger partial charge in [-0.05, 0) is 65.3 Å². The number of amides is 1. The Balaban J connectivity index is 1.38. The smallest absolute Gasteiger partial charge is 0.290 e. The monoisotopic (exact) mass is 455 g/mol. The fraction of sp³-hybridized carbons (Fsp3) is 0.276. The second-order valence-corrected chi connectivity index (χ2v) is 8.79. The van der Waals surface area contributed by atoms with Gasteiger partial charge in [-0.1, -0.05) is 60.7 Å². The maximum absolute atomic E-state index is 13.0. The zero-order chi connectivity index (χ0) is 23.3. The Labute approximate surface area is 200 Å². The number of nitrogens with one attached hydrogen (secondary N) is 1. The predicted octanol–water partition coefficient (Wildman–Crippen LogP) is 5.40. The highest BCUT2D eigenvalue weighted by atomic mass is 16.7. The number of allylic oxidation sites excluding steroid dienone is 1. The van der Waals surface area contributed by atoms with Crippen molar-refractivity contribution in [1.29, 1.82) is 0 Å². The van der Waals surface area contributed by atoms with E-state index in [9.17, 15) is 4.79 Å². The molecule has 34 heavy (non-hydrogen) atoms. The molecule has 3 aromatic rings. The van der Waals surface area contributed by atoms with E-state index in [1.165, 1.54) is 22.3 Å². The SMILES string of the molecule is O=C(Nc1ccccc1)C1=C[C@@H](c2ccc3c(c2)Cc2ccccc2-3)C[C@@H](OCCCCO)O1. The van der Waals surface area contributed by atoms with E-state index in [0.717, 1.165) is 24.1 Å². The molecule has 3 aromatic carbocycles. The first-order chi connectivity index (χ1) is 16.7. The normalized spacial score (nSPS) is 18.4. The number of rotatable bonds is 8. The molecule has 5 nitrogen and oxygen atoms in total. The van der Waals surface area contributed by atoms with Gasteiger partial charge < -0.3 is 19.9 Å². The van der Waals surface area contributed by atoms with Crippen molar-refractivity contribution in [2.45, 2.75) is 37.9 Å². The molecule has 2 N–H and O–H groups in total. The van der Waals surface area contributed by atoms with Gasteiger partial charge in [0.2, 0.25) is 6.29 Å². The molecule has 0 spiro atoms. The average molecular weight is 456 g/mol. The van der Waals surface area contributed by atoms with Crippen molar-refractivity contribution in [2.24, 2.45) is 0 Å². The Morgan fingerprint density at radius 1 is 0.971 bits per heavy atom. The standard InChI is InChI=1S/C29H29NO4/c31-14-6-7-15-33-28-19-22(18-27(34-28)29(32)30-24-9-2-1-3-10-24)20-12-13-26-23(16-20)17-21-8-4-5-11-25(21)26/h1-5,8-13,16,18,22,28,31H,6-7,14-15,17,19H2,(H,30,32)/t22-,28+/m1/s1. The summed E-state index contributed by atoms with van der Waals surface area (Å²) >= 11 is 0. The van der Waals surface area contributed by atoms with Crippen LogP contribution in [0, 0.1) is 0 Å².